The predicted octanol–water partition coefficient (Wildman–Crippen LogP) is 5.86. The van der Waals surface area contributed by atoms with E-state index in [1.165, 1.54) is 4.90 Å². The summed E-state index contributed by atoms with van der Waals surface area (Å²) >= 11 is 6.05. The van der Waals surface area contributed by atoms with E-state index in [0.717, 1.165) is 12.1 Å². The molecule has 4 aliphatic heterocycles. The summed E-state index contributed by atoms with van der Waals surface area (Å²) in [5.41, 5.74) is -2.71. The van der Waals surface area contributed by atoms with Crippen LogP contribution in [0.5, 0.6) is 0 Å². The molecule has 208 valence electrons. The van der Waals surface area contributed by atoms with Gasteiger partial charge in [-0.25, -0.2) is 22.9 Å². The zero-order valence-corrected chi connectivity index (χ0v) is 22.1. The molecule has 1 spiro atoms. The van der Waals surface area contributed by atoms with Crippen molar-refractivity contribution in [3.8, 4) is 0 Å². The van der Waals surface area contributed by atoms with E-state index in [9.17, 15) is 22.8 Å². The van der Waals surface area contributed by atoms with E-state index in [1.807, 2.05) is 0 Å². The third-order valence-electron chi connectivity index (χ3n) is 8.98. The van der Waals surface area contributed by atoms with Gasteiger partial charge in [-0.05, 0) is 45.7 Å². The van der Waals surface area contributed by atoms with Crippen LogP contribution in [0.25, 0.3) is 0 Å². The first-order valence-electron chi connectivity index (χ1n) is 13.0. The normalized spacial score (nSPS) is 35.4. The summed E-state index contributed by atoms with van der Waals surface area (Å²) in [4.78, 5) is 30.5. The van der Waals surface area contributed by atoms with Crippen LogP contribution in [0, 0.1) is 0 Å². The number of alkyl halides is 5. The second-order valence-corrected chi connectivity index (χ2v) is 12.8. The minimum Gasteiger partial charge on any atom is -0.444 e. The van der Waals surface area contributed by atoms with Crippen molar-refractivity contribution in [2.45, 2.75) is 94.2 Å². The van der Waals surface area contributed by atoms with Crippen LogP contribution in [0.1, 0.15) is 68.8 Å². The Bertz CT molecular complexity index is 1230. The average molecular weight is 563 g/mol. The molecular weight excluding hydrogens is 533 g/mol. The number of amides is 2. The van der Waals surface area contributed by atoms with Crippen molar-refractivity contribution in [1.82, 2.24) is 4.90 Å². The van der Waals surface area contributed by atoms with Crippen molar-refractivity contribution < 1.29 is 40.8 Å². The van der Waals surface area contributed by atoms with E-state index in [1.54, 1.807) is 25.7 Å². The summed E-state index contributed by atoms with van der Waals surface area (Å²) in [6.07, 6.45) is -4.97. The highest BCUT2D eigenvalue weighted by atomic mass is 35.5. The van der Waals surface area contributed by atoms with Gasteiger partial charge in [-0.2, -0.15) is 13.2 Å². The summed E-state index contributed by atoms with van der Waals surface area (Å²) in [6.45, 7) is 5.94. The number of benzene rings is 1. The number of nitrogens with zero attached hydrogens (tertiary/aromatic N) is 3. The molecule has 0 N–H and O–H groups in total. The summed E-state index contributed by atoms with van der Waals surface area (Å²) in [5, 5.41) is -0.591. The zero-order valence-electron chi connectivity index (χ0n) is 21.4. The summed E-state index contributed by atoms with van der Waals surface area (Å²) in [7, 11) is 0. The van der Waals surface area contributed by atoms with E-state index in [-0.39, 0.29) is 35.2 Å². The first kappa shape index (κ1) is 26.1. The summed E-state index contributed by atoms with van der Waals surface area (Å²) < 4.78 is 76.8. The number of anilines is 1. The van der Waals surface area contributed by atoms with Gasteiger partial charge in [0.05, 0.1) is 29.2 Å². The maximum absolute atomic E-state index is 15.1. The van der Waals surface area contributed by atoms with E-state index in [0.29, 0.717) is 19.4 Å². The first-order valence-corrected chi connectivity index (χ1v) is 13.4. The van der Waals surface area contributed by atoms with Crippen molar-refractivity contribution in [3.05, 3.63) is 28.3 Å². The van der Waals surface area contributed by atoms with Crippen LogP contribution in [-0.4, -0.2) is 76.2 Å². The largest absolute Gasteiger partial charge is 0.444 e. The van der Waals surface area contributed by atoms with Gasteiger partial charge in [0.1, 0.15) is 17.2 Å². The van der Waals surface area contributed by atoms with Gasteiger partial charge in [-0.1, -0.05) is 11.6 Å². The Morgan fingerprint density at radius 3 is 2.53 bits per heavy atom. The number of rotatable bonds is 1. The number of quaternary nitrogens is 1. The lowest BCUT2D eigenvalue weighted by atomic mass is 9.95. The third-order valence-corrected chi connectivity index (χ3v) is 9.30. The van der Waals surface area contributed by atoms with Crippen molar-refractivity contribution in [2.24, 2.45) is 0 Å². The summed E-state index contributed by atoms with van der Waals surface area (Å²) in [6, 6.07) is 0.595. The lowest BCUT2D eigenvalue weighted by molar-refractivity contribution is -0.816. The monoisotopic (exact) mass is 562 g/mol. The smallest absolute Gasteiger partial charge is 0.417 e. The predicted molar refractivity (Wildman–Crippen MR) is 128 cm³/mol. The lowest BCUT2D eigenvalue weighted by Gasteiger charge is -2.43. The SMILES string of the molecule is CC(C)(C)OC(=O)N1CCCC([N+]23C(=O)c4cc(Cl)c(C(F)(F)F)cc4N4CCCC(F)(F)CC25C4C53)C1. The average Bonchev–Trinajstić information content (AvgIpc) is 3.62. The minimum atomic E-state index is -4.73. The second kappa shape index (κ2) is 7.74. The number of carbonyl (C=O) groups excluding carboxylic acids is 2. The number of carbonyl (C=O) groups is 2. The Morgan fingerprint density at radius 2 is 1.87 bits per heavy atom. The first-order chi connectivity index (χ1) is 17.5. The number of hydrogen-bond acceptors (Lipinski definition) is 4. The van der Waals surface area contributed by atoms with Crippen LogP contribution in [0.3, 0.4) is 0 Å². The minimum absolute atomic E-state index is 0.0366. The molecule has 4 fully saturated rings. The number of ether oxygens (including phenoxy) is 1. The molecule has 0 radical (unpaired) electrons. The molecule has 6 rings (SSSR count). The Balaban J connectivity index is 1.44. The second-order valence-electron chi connectivity index (χ2n) is 12.4. The fraction of sp³-hybridized carbons (Fsp3) is 0.692. The Hall–Kier alpha value is -2.14. The van der Waals surface area contributed by atoms with E-state index in [4.69, 9.17) is 16.3 Å². The molecule has 3 saturated heterocycles. The van der Waals surface area contributed by atoms with Gasteiger partial charge in [0, 0.05) is 25.9 Å². The number of piperidine rings is 1. The quantitative estimate of drug-likeness (QED) is 0.244. The molecule has 12 heteroatoms. The Labute approximate surface area is 222 Å². The molecule has 1 aliphatic carbocycles. The standard InChI is InChI=1S/C26H30ClF5N3O3/c1-23(2,3)38-22(37)33-8-4-6-14(12-33)35-20-19-25(20,35)13-24(28,29)7-5-9-34(19)18-11-16(26(30,31)32)17(27)10-15(18)21(35)36/h10-11,14,19-20H,4-9,12-13H2,1-3H3/q+1. The van der Waals surface area contributed by atoms with Gasteiger partial charge < -0.3 is 14.5 Å². The number of halogens is 6. The molecule has 1 aromatic rings. The Morgan fingerprint density at radius 1 is 1.16 bits per heavy atom. The van der Waals surface area contributed by atoms with Gasteiger partial charge >= 0.3 is 18.2 Å². The van der Waals surface area contributed by atoms with Crippen molar-refractivity contribution in [1.29, 1.82) is 0 Å². The fourth-order valence-corrected chi connectivity index (χ4v) is 7.98. The Kier molecular flexibility index (Phi) is 5.32. The van der Waals surface area contributed by atoms with Crippen LogP contribution >= 0.6 is 11.6 Å². The zero-order chi connectivity index (χ0) is 27.6. The van der Waals surface area contributed by atoms with E-state index in [2.05, 4.69) is 0 Å². The molecule has 6 nitrogen and oxygen atoms in total. The van der Waals surface area contributed by atoms with Gasteiger partial charge in [-0.15, -0.1) is 0 Å². The molecule has 4 heterocycles. The fourth-order valence-electron chi connectivity index (χ4n) is 7.71. The van der Waals surface area contributed by atoms with Crippen molar-refractivity contribution in [3.63, 3.8) is 0 Å². The van der Waals surface area contributed by atoms with Gasteiger partial charge in [0.25, 0.3) is 5.92 Å². The highest BCUT2D eigenvalue weighted by molar-refractivity contribution is 6.32. The molecule has 38 heavy (non-hydrogen) atoms. The molecule has 5 atom stereocenters. The molecule has 1 aromatic carbocycles. The topological polar surface area (TPSA) is 49.9 Å². The lowest BCUT2D eigenvalue weighted by Crippen LogP contribution is -2.64. The van der Waals surface area contributed by atoms with Gasteiger partial charge in [0.2, 0.25) is 0 Å². The van der Waals surface area contributed by atoms with Crippen LogP contribution in [-0.2, 0) is 10.9 Å². The van der Waals surface area contributed by atoms with Crippen molar-refractivity contribution >= 4 is 29.3 Å². The molecule has 5 aliphatic rings. The molecule has 1 saturated carbocycles. The number of hydrogen-bond donors (Lipinski definition) is 0. The number of fused-ring (bicyclic) bond motifs is 3. The van der Waals surface area contributed by atoms with E-state index >= 15 is 8.78 Å². The van der Waals surface area contributed by atoms with Crippen LogP contribution in [0.2, 0.25) is 5.02 Å². The maximum Gasteiger partial charge on any atom is 0.417 e. The number of likely N-dealkylation sites (tertiary alicyclic amines) is 1. The van der Waals surface area contributed by atoms with Crippen molar-refractivity contribution in [2.75, 3.05) is 24.5 Å². The molecule has 2 amide bonds. The molecule has 0 aromatic heterocycles. The van der Waals surface area contributed by atoms with Gasteiger partial charge in [0.15, 0.2) is 17.6 Å². The molecule has 5 unspecified atom stereocenters. The van der Waals surface area contributed by atoms with Crippen LogP contribution < -0.4 is 4.90 Å². The maximum atomic E-state index is 15.1. The van der Waals surface area contributed by atoms with Crippen LogP contribution in [0.15, 0.2) is 12.1 Å². The molecule has 2 bridgehead atoms. The van der Waals surface area contributed by atoms with E-state index < -0.39 is 76.8 Å². The third kappa shape index (κ3) is 3.46. The highest BCUT2D eigenvalue weighted by Crippen LogP contribution is 2.79. The summed E-state index contributed by atoms with van der Waals surface area (Å²) in [5.74, 6) is -3.47. The van der Waals surface area contributed by atoms with Gasteiger partial charge in [-0.3, -0.25) is 0 Å². The highest BCUT2D eigenvalue weighted by Gasteiger charge is 3.07. The van der Waals surface area contributed by atoms with Crippen LogP contribution in [0.4, 0.5) is 32.4 Å². The molecular formula is C26H30ClF5N3O3+.